The van der Waals surface area contributed by atoms with Crippen molar-refractivity contribution in [2.45, 2.75) is 115 Å². The molecule has 4 aliphatic heterocycles. The maximum atomic E-state index is 16.1. The minimum Gasteiger partial charge on any atom is -0.497 e. The largest absolute Gasteiger partial charge is 0.497 e. The summed E-state index contributed by atoms with van der Waals surface area (Å²) in [7, 11) is -0.895. The molecule has 3 amide bonds. The van der Waals surface area contributed by atoms with Gasteiger partial charge in [-0.05, 0) is 173 Å². The van der Waals surface area contributed by atoms with E-state index in [4.69, 9.17) is 18.9 Å². The van der Waals surface area contributed by atoms with Gasteiger partial charge >= 0.3 is 0 Å². The number of fused-ring (bicyclic) bond motifs is 4. The number of amides is 3. The third-order valence-corrected chi connectivity index (χ3v) is 20.4. The SMILES string of the molecule is CCOc1ccc2c(c1)CC(NCCCCO)C(=O)N2c1cccc(CN2C(=O)[C@@]3(O[C@@H](CCO)[C@H]([Si](C)(C)c4ccc(OC)cc4)[C@H]3C)c3cc(N4C(=O)C(NCCCCO)Cc5cc(OCC)ccc54)ccc32)c1. The summed E-state index contributed by atoms with van der Waals surface area (Å²) in [5, 5.41) is 37.8. The van der Waals surface area contributed by atoms with Crippen molar-refractivity contribution in [3.05, 3.63) is 125 Å². The number of carbonyl (C=O) groups excluding carboxylic acids is 3. The van der Waals surface area contributed by atoms with Gasteiger partial charge in [0.15, 0.2) is 5.60 Å². The Morgan fingerprint density at radius 3 is 1.76 bits per heavy atom. The molecule has 4 heterocycles. The van der Waals surface area contributed by atoms with Gasteiger partial charge in [-0.25, -0.2) is 0 Å². The fourth-order valence-electron chi connectivity index (χ4n) is 12.4. The quantitative estimate of drug-likeness (QED) is 0.0321. The van der Waals surface area contributed by atoms with Crippen LogP contribution in [0.3, 0.4) is 0 Å². The first-order valence-corrected chi connectivity index (χ1v) is 30.3. The maximum Gasteiger partial charge on any atom is 0.264 e. The predicted octanol–water partition coefficient (Wildman–Crippen LogP) is 7.54. The van der Waals surface area contributed by atoms with Crippen LogP contribution in [0.4, 0.5) is 28.4 Å². The van der Waals surface area contributed by atoms with Crippen LogP contribution in [-0.2, 0) is 44.1 Å². The monoisotopic (exact) mass is 1050 g/mol. The zero-order valence-corrected chi connectivity index (χ0v) is 45.8. The summed E-state index contributed by atoms with van der Waals surface area (Å²) in [4.78, 5) is 51.0. The fourth-order valence-corrected chi connectivity index (χ4v) is 16.5. The van der Waals surface area contributed by atoms with E-state index < -0.39 is 31.9 Å². The number of nitrogens with one attached hydrogen (secondary N) is 2. The number of methoxy groups -OCH3 is 1. The zero-order valence-electron chi connectivity index (χ0n) is 44.8. The van der Waals surface area contributed by atoms with E-state index in [0.29, 0.717) is 93.2 Å². The summed E-state index contributed by atoms with van der Waals surface area (Å²) < 4.78 is 24.8. The molecular weight excluding hydrogens is 979 g/mol. The molecule has 15 nitrogen and oxygen atoms in total. The van der Waals surface area contributed by atoms with Crippen LogP contribution in [0.5, 0.6) is 17.2 Å². The summed E-state index contributed by atoms with van der Waals surface area (Å²) in [5.41, 5.74) is 5.11. The molecule has 4 aliphatic rings. The van der Waals surface area contributed by atoms with Crippen LogP contribution in [-0.4, -0.2) is 113 Å². The lowest BCUT2D eigenvalue weighted by atomic mass is 9.82. The van der Waals surface area contributed by atoms with E-state index >= 15 is 4.79 Å². The molecule has 5 aromatic carbocycles. The van der Waals surface area contributed by atoms with E-state index in [1.54, 1.807) is 21.8 Å². The smallest absolute Gasteiger partial charge is 0.264 e. The number of nitrogens with zero attached hydrogens (tertiary/aromatic N) is 3. The highest BCUT2D eigenvalue weighted by Crippen LogP contribution is 2.61. The van der Waals surface area contributed by atoms with Crippen molar-refractivity contribution in [1.29, 1.82) is 0 Å². The maximum absolute atomic E-state index is 16.1. The molecule has 76 heavy (non-hydrogen) atoms. The summed E-state index contributed by atoms with van der Waals surface area (Å²) in [6, 6.07) is 32.3. The van der Waals surface area contributed by atoms with Crippen molar-refractivity contribution in [2.75, 3.05) is 67.9 Å². The molecule has 5 aromatic rings. The van der Waals surface area contributed by atoms with Crippen LogP contribution in [0.1, 0.15) is 75.1 Å². The molecule has 0 aliphatic carbocycles. The Balaban J connectivity index is 1.14. The van der Waals surface area contributed by atoms with Gasteiger partial charge in [0, 0.05) is 42.7 Å². The van der Waals surface area contributed by atoms with Crippen LogP contribution in [0.15, 0.2) is 103 Å². The first kappa shape index (κ1) is 54.7. The van der Waals surface area contributed by atoms with E-state index in [1.807, 2.05) is 105 Å². The number of hydrogen-bond acceptors (Lipinski definition) is 12. The molecule has 404 valence electrons. The summed E-state index contributed by atoms with van der Waals surface area (Å²) in [6.45, 7) is 12.9. The number of hydrogen-bond donors (Lipinski definition) is 5. The molecule has 16 heteroatoms. The van der Waals surface area contributed by atoms with Crippen LogP contribution in [0, 0.1) is 5.92 Å². The molecule has 0 aromatic heterocycles. The number of benzene rings is 5. The predicted molar refractivity (Wildman–Crippen MR) is 298 cm³/mol. The Morgan fingerprint density at radius 1 is 0.671 bits per heavy atom. The lowest BCUT2D eigenvalue weighted by Crippen LogP contribution is -2.52. The molecule has 5 N–H and O–H groups in total. The van der Waals surface area contributed by atoms with Crippen LogP contribution >= 0.6 is 0 Å². The molecule has 0 bridgehead atoms. The molecule has 6 atom stereocenters. The van der Waals surface area contributed by atoms with Crippen molar-refractivity contribution in [2.24, 2.45) is 5.92 Å². The third kappa shape index (κ3) is 10.4. The van der Waals surface area contributed by atoms with Crippen molar-refractivity contribution in [3.63, 3.8) is 0 Å². The van der Waals surface area contributed by atoms with Crippen LogP contribution in [0.25, 0.3) is 0 Å². The summed E-state index contributed by atoms with van der Waals surface area (Å²) in [6.07, 6.45) is 3.45. The number of aliphatic hydroxyl groups excluding tert-OH is 3. The number of rotatable bonds is 23. The molecule has 1 spiro atoms. The van der Waals surface area contributed by atoms with Gasteiger partial charge in [-0.15, -0.1) is 0 Å². The highest BCUT2D eigenvalue weighted by Gasteiger charge is 2.66. The zero-order chi connectivity index (χ0) is 53.7. The summed E-state index contributed by atoms with van der Waals surface area (Å²) in [5.74, 6) is 1.34. The van der Waals surface area contributed by atoms with E-state index in [-0.39, 0.29) is 55.5 Å². The number of anilines is 5. The average Bonchev–Trinajstić information content (AvgIpc) is 3.88. The third-order valence-electron chi connectivity index (χ3n) is 16.0. The summed E-state index contributed by atoms with van der Waals surface area (Å²) >= 11 is 0. The van der Waals surface area contributed by atoms with Crippen molar-refractivity contribution < 1.29 is 48.7 Å². The van der Waals surface area contributed by atoms with Crippen molar-refractivity contribution in [1.82, 2.24) is 10.6 Å². The lowest BCUT2D eigenvalue weighted by molar-refractivity contribution is -0.146. The molecule has 1 saturated heterocycles. The van der Waals surface area contributed by atoms with Gasteiger partial charge in [0.2, 0.25) is 11.8 Å². The van der Waals surface area contributed by atoms with Gasteiger partial charge in [-0.2, -0.15) is 0 Å². The number of unbranched alkanes of at least 4 members (excludes halogenated alkanes) is 2. The highest BCUT2D eigenvalue weighted by atomic mass is 28.3. The Morgan fingerprint density at radius 2 is 1.22 bits per heavy atom. The van der Waals surface area contributed by atoms with Crippen LogP contribution in [0.2, 0.25) is 18.6 Å². The van der Waals surface area contributed by atoms with E-state index in [1.165, 1.54) is 5.19 Å². The Labute approximate surface area is 448 Å². The topological polar surface area (TPSA) is 183 Å². The standard InChI is InChI=1S/C60H75N5O10Si/c1-7-73-46-19-24-52-41(33-46)35-50(61-27-9-11-29-66)57(69)64(52)43-15-13-14-40(32-43)38-63-54-23-16-44(65-53-25-20-47(74-8-2)34-42(53)36-51(58(65)70)62-28-10-12-30-67)37-49(54)60(59(63)71)39(3)56(55(75-60)26-31-68)76(5,6)48-21-17-45(72-4)18-22-48/h13-25,32-34,37,39,50-51,55-56,61-62,66-68H,7-12,26-31,35-36,38H2,1-6H3/t39-,50?,51?,55+,56-,60+/m1/s1. The number of aliphatic hydroxyl groups is 3. The minimum atomic E-state index is -2.54. The van der Waals surface area contributed by atoms with Crippen molar-refractivity contribution in [3.8, 4) is 17.2 Å². The second kappa shape index (κ2) is 23.6. The van der Waals surface area contributed by atoms with Gasteiger partial charge in [0.05, 0.1) is 70.2 Å². The normalized spacial score (nSPS) is 22.0. The molecule has 2 unspecified atom stereocenters. The highest BCUT2D eigenvalue weighted by molar-refractivity contribution is 6.91. The molecule has 1 fully saturated rings. The van der Waals surface area contributed by atoms with Gasteiger partial charge in [-0.3, -0.25) is 24.2 Å². The first-order valence-electron chi connectivity index (χ1n) is 27.2. The molecule has 0 radical (unpaired) electrons. The Bertz CT molecular complexity index is 2880. The fraction of sp³-hybridized carbons (Fsp3) is 0.450. The molecule has 0 saturated carbocycles. The second-order valence-electron chi connectivity index (χ2n) is 21.0. The van der Waals surface area contributed by atoms with Gasteiger partial charge in [-0.1, -0.05) is 49.5 Å². The Kier molecular flexibility index (Phi) is 17.0. The van der Waals surface area contributed by atoms with E-state index in [9.17, 15) is 24.9 Å². The minimum absolute atomic E-state index is 0.0689. The molecule has 9 rings (SSSR count). The molecular formula is C60H75N5O10Si. The van der Waals surface area contributed by atoms with Gasteiger partial charge in [0.1, 0.15) is 17.2 Å². The lowest BCUT2D eigenvalue weighted by Gasteiger charge is -2.37. The van der Waals surface area contributed by atoms with Crippen molar-refractivity contribution >= 4 is 59.4 Å². The number of ether oxygens (including phenoxy) is 4. The Hall–Kier alpha value is -6.11. The first-order chi connectivity index (χ1) is 36.8. The number of carbonyl (C=O) groups is 3. The average molecular weight is 1050 g/mol. The van der Waals surface area contributed by atoms with Crippen LogP contribution < -0.4 is 44.7 Å². The van der Waals surface area contributed by atoms with Gasteiger partial charge < -0.3 is 49.8 Å². The van der Waals surface area contributed by atoms with E-state index in [0.717, 1.165) is 46.0 Å². The van der Waals surface area contributed by atoms with E-state index in [2.05, 4.69) is 42.8 Å². The second-order valence-corrected chi connectivity index (χ2v) is 25.7. The van der Waals surface area contributed by atoms with Gasteiger partial charge in [0.25, 0.3) is 5.91 Å².